The van der Waals surface area contributed by atoms with Crippen LogP contribution in [0.15, 0.2) is 91.6 Å². The molecule has 0 unspecified atom stereocenters. The minimum Gasteiger partial charge on any atom is -0.347 e. The van der Waals surface area contributed by atoms with E-state index in [1.807, 2.05) is 29.4 Å². The molecule has 0 aliphatic carbocycles. The minimum atomic E-state index is -0.245. The summed E-state index contributed by atoms with van der Waals surface area (Å²) in [5.41, 5.74) is 4.72. The molecule has 1 amide bonds. The largest absolute Gasteiger partial charge is 0.347 e. The van der Waals surface area contributed by atoms with Crippen molar-refractivity contribution in [2.45, 2.75) is 13.1 Å². The number of halogens is 1. The van der Waals surface area contributed by atoms with Crippen LogP contribution in [0.5, 0.6) is 0 Å². The van der Waals surface area contributed by atoms with Gasteiger partial charge in [0.1, 0.15) is 5.82 Å². The van der Waals surface area contributed by atoms with Gasteiger partial charge < -0.3 is 18.9 Å². The van der Waals surface area contributed by atoms with Crippen LogP contribution in [0, 0.1) is 5.82 Å². The van der Waals surface area contributed by atoms with Gasteiger partial charge in [-0.3, -0.25) is 4.79 Å². The molecule has 1 fully saturated rings. The van der Waals surface area contributed by atoms with Crippen molar-refractivity contribution in [2.24, 2.45) is 0 Å². The number of imidazole rings is 1. The Bertz CT molecular complexity index is 1570. The van der Waals surface area contributed by atoms with Crippen molar-refractivity contribution in [1.29, 1.82) is 0 Å². The molecule has 0 saturated carbocycles. The number of carbonyl (C=O) groups is 1. The van der Waals surface area contributed by atoms with E-state index in [0.29, 0.717) is 13.1 Å². The van der Waals surface area contributed by atoms with Gasteiger partial charge in [0, 0.05) is 56.9 Å². The van der Waals surface area contributed by atoms with Crippen molar-refractivity contribution in [3.05, 3.63) is 114 Å². The number of likely N-dealkylation sites (N-methyl/N-ethyl adjacent to an activating group) is 1. The van der Waals surface area contributed by atoms with E-state index in [0.717, 1.165) is 64.9 Å². The van der Waals surface area contributed by atoms with E-state index in [4.69, 9.17) is 0 Å². The summed E-state index contributed by atoms with van der Waals surface area (Å²) in [6.07, 6.45) is 7.71. The van der Waals surface area contributed by atoms with Crippen LogP contribution in [-0.4, -0.2) is 63.1 Å². The maximum absolute atomic E-state index is 13.8. The molecular formula is C31H30FN5O. The van der Waals surface area contributed by atoms with E-state index in [1.54, 1.807) is 18.5 Å². The molecule has 0 spiro atoms. The molecule has 5 aromatic rings. The number of piperazine rings is 1. The minimum absolute atomic E-state index is 0.0691. The Morgan fingerprint density at radius 2 is 1.63 bits per heavy atom. The van der Waals surface area contributed by atoms with E-state index in [9.17, 15) is 9.18 Å². The zero-order valence-corrected chi connectivity index (χ0v) is 21.4. The second-order valence-corrected chi connectivity index (χ2v) is 10.0. The summed E-state index contributed by atoms with van der Waals surface area (Å²) in [7, 11) is 2.09. The molecule has 38 heavy (non-hydrogen) atoms. The van der Waals surface area contributed by atoms with E-state index in [1.165, 1.54) is 12.1 Å². The van der Waals surface area contributed by atoms with Gasteiger partial charge in [0.05, 0.1) is 24.1 Å². The molecule has 1 aliphatic heterocycles. The first-order valence-corrected chi connectivity index (χ1v) is 12.9. The lowest BCUT2D eigenvalue weighted by atomic mass is 9.97. The van der Waals surface area contributed by atoms with Gasteiger partial charge in [0.2, 0.25) is 0 Å². The maximum Gasteiger partial charge on any atom is 0.256 e. The van der Waals surface area contributed by atoms with Gasteiger partial charge in [-0.15, -0.1) is 0 Å². The van der Waals surface area contributed by atoms with Crippen LogP contribution in [0.2, 0.25) is 0 Å². The zero-order chi connectivity index (χ0) is 26.1. The van der Waals surface area contributed by atoms with Crippen LogP contribution in [0.1, 0.15) is 21.6 Å². The van der Waals surface area contributed by atoms with Crippen LogP contribution >= 0.6 is 0 Å². The van der Waals surface area contributed by atoms with Gasteiger partial charge in [0.25, 0.3) is 5.91 Å². The van der Waals surface area contributed by atoms with Gasteiger partial charge >= 0.3 is 0 Å². The normalized spacial score (nSPS) is 14.3. The van der Waals surface area contributed by atoms with E-state index < -0.39 is 0 Å². The zero-order valence-electron chi connectivity index (χ0n) is 21.4. The standard InChI is InChI=1S/C31H30FN5O/c1-34-13-15-36(16-14-34)31(38)30-21-35(20-29(30)28-8-4-6-24-5-2-3-7-27(24)28)19-26-17-33-22-37(26)18-23-9-11-25(32)12-10-23/h2-12,17,20-22H,13-16,18-19H2,1H3. The number of aromatic nitrogens is 3. The molecule has 0 N–H and O–H groups in total. The fourth-order valence-electron chi connectivity index (χ4n) is 5.22. The quantitative estimate of drug-likeness (QED) is 0.320. The van der Waals surface area contributed by atoms with Crippen molar-refractivity contribution in [2.75, 3.05) is 33.2 Å². The molecule has 6 nitrogen and oxygen atoms in total. The highest BCUT2D eigenvalue weighted by atomic mass is 19.1. The number of rotatable bonds is 6. The van der Waals surface area contributed by atoms with Gasteiger partial charge in [-0.25, -0.2) is 9.37 Å². The molecule has 1 aliphatic rings. The topological polar surface area (TPSA) is 46.3 Å². The first-order chi connectivity index (χ1) is 18.5. The highest BCUT2D eigenvalue weighted by Crippen LogP contribution is 2.33. The molecule has 0 atom stereocenters. The van der Waals surface area contributed by atoms with E-state index in [-0.39, 0.29) is 11.7 Å². The Balaban J connectivity index is 1.36. The van der Waals surface area contributed by atoms with E-state index in [2.05, 4.69) is 62.6 Å². The average Bonchev–Trinajstić information content (AvgIpc) is 3.56. The van der Waals surface area contributed by atoms with Gasteiger partial charge in [-0.2, -0.15) is 0 Å². The monoisotopic (exact) mass is 507 g/mol. The lowest BCUT2D eigenvalue weighted by Gasteiger charge is -2.32. The molecule has 2 aromatic heterocycles. The number of nitrogens with zero attached hydrogens (tertiary/aromatic N) is 5. The number of carbonyl (C=O) groups excluding carboxylic acids is 1. The Morgan fingerprint density at radius 1 is 0.868 bits per heavy atom. The first kappa shape index (κ1) is 24.1. The lowest BCUT2D eigenvalue weighted by molar-refractivity contribution is 0.0665. The lowest BCUT2D eigenvalue weighted by Crippen LogP contribution is -2.47. The molecule has 3 heterocycles. The summed E-state index contributed by atoms with van der Waals surface area (Å²) in [6, 6.07) is 21.1. The Kier molecular flexibility index (Phi) is 6.52. The molecule has 192 valence electrons. The number of hydrogen-bond donors (Lipinski definition) is 0. The van der Waals surface area contributed by atoms with Crippen molar-refractivity contribution in [3.63, 3.8) is 0 Å². The van der Waals surface area contributed by atoms with Gasteiger partial charge in [-0.05, 0) is 41.1 Å². The van der Waals surface area contributed by atoms with Crippen LogP contribution < -0.4 is 0 Å². The third-order valence-corrected chi connectivity index (χ3v) is 7.39. The molecule has 3 aromatic carbocycles. The highest BCUT2D eigenvalue weighted by Gasteiger charge is 2.25. The summed E-state index contributed by atoms with van der Waals surface area (Å²) >= 11 is 0. The molecule has 7 heteroatoms. The fourth-order valence-corrected chi connectivity index (χ4v) is 5.22. The van der Waals surface area contributed by atoms with Crippen molar-refractivity contribution in [3.8, 4) is 11.1 Å². The number of hydrogen-bond acceptors (Lipinski definition) is 3. The predicted molar refractivity (Wildman–Crippen MR) is 148 cm³/mol. The number of fused-ring (bicyclic) bond motifs is 1. The summed E-state index contributed by atoms with van der Waals surface area (Å²) in [5.74, 6) is -0.176. The van der Waals surface area contributed by atoms with E-state index >= 15 is 0 Å². The highest BCUT2D eigenvalue weighted by molar-refractivity contribution is 6.06. The van der Waals surface area contributed by atoms with Crippen molar-refractivity contribution < 1.29 is 9.18 Å². The third-order valence-electron chi connectivity index (χ3n) is 7.39. The van der Waals surface area contributed by atoms with Crippen LogP contribution in [0.25, 0.3) is 21.9 Å². The van der Waals surface area contributed by atoms with Crippen LogP contribution in [0.4, 0.5) is 4.39 Å². The Hall–Kier alpha value is -4.23. The van der Waals surface area contributed by atoms with Crippen LogP contribution in [-0.2, 0) is 13.1 Å². The summed E-state index contributed by atoms with van der Waals surface area (Å²) < 4.78 is 17.5. The molecule has 0 radical (unpaired) electrons. The first-order valence-electron chi connectivity index (χ1n) is 12.9. The number of benzene rings is 3. The fraction of sp³-hybridized carbons (Fsp3) is 0.226. The second-order valence-electron chi connectivity index (χ2n) is 10.0. The third kappa shape index (κ3) is 4.85. The Morgan fingerprint density at radius 3 is 2.45 bits per heavy atom. The maximum atomic E-state index is 13.8. The smallest absolute Gasteiger partial charge is 0.256 e. The summed E-state index contributed by atoms with van der Waals surface area (Å²) in [5, 5.41) is 2.27. The molecular weight excluding hydrogens is 477 g/mol. The van der Waals surface area contributed by atoms with Gasteiger partial charge in [0.15, 0.2) is 0 Å². The van der Waals surface area contributed by atoms with Crippen LogP contribution in [0.3, 0.4) is 0 Å². The molecule has 0 bridgehead atoms. The molecule has 1 saturated heterocycles. The summed E-state index contributed by atoms with van der Waals surface area (Å²) in [6.45, 7) is 4.35. The molecule has 6 rings (SSSR count). The van der Waals surface area contributed by atoms with Gasteiger partial charge in [-0.1, -0.05) is 54.6 Å². The SMILES string of the molecule is CN1CCN(C(=O)c2cn(Cc3cncn3Cc3ccc(F)cc3)cc2-c2cccc3ccccc23)CC1. The number of amides is 1. The second kappa shape index (κ2) is 10.3. The van der Waals surface area contributed by atoms with Crippen molar-refractivity contribution >= 4 is 16.7 Å². The predicted octanol–water partition coefficient (Wildman–Crippen LogP) is 5.13. The average molecular weight is 508 g/mol. The Labute approximate surface area is 221 Å². The summed E-state index contributed by atoms with van der Waals surface area (Å²) in [4.78, 5) is 22.4. The van der Waals surface area contributed by atoms with Crippen molar-refractivity contribution in [1.82, 2.24) is 23.9 Å².